The van der Waals surface area contributed by atoms with E-state index in [1.165, 1.54) is 11.1 Å². The molecule has 0 aliphatic carbocycles. The van der Waals surface area contributed by atoms with E-state index in [0.717, 1.165) is 44.2 Å². The summed E-state index contributed by atoms with van der Waals surface area (Å²) in [6.45, 7) is 9.95. The maximum Gasteiger partial charge on any atom is 0.191 e. The van der Waals surface area contributed by atoms with Crippen LogP contribution in [0.15, 0.2) is 29.3 Å². The number of hydrogen-bond donors (Lipinski definition) is 1. The molecule has 0 radical (unpaired) electrons. The van der Waals surface area contributed by atoms with E-state index >= 15 is 0 Å². The standard InChI is InChI=1S/C19H30N4OS.HI/c1-15-12-22(13-16(2)24-15)14-18-5-3-17(4-6-18)11-21-19(20)23-7-9-25-10-8-23;/h3-6,15-16H,7-14H2,1-2H3,(H2,20,21);1H. The molecule has 0 amide bonds. The van der Waals surface area contributed by atoms with E-state index in [1.54, 1.807) is 0 Å². The van der Waals surface area contributed by atoms with Gasteiger partial charge >= 0.3 is 0 Å². The minimum absolute atomic E-state index is 0. The second kappa shape index (κ2) is 10.7. The van der Waals surface area contributed by atoms with Crippen LogP contribution in [-0.4, -0.2) is 65.7 Å². The highest BCUT2D eigenvalue weighted by molar-refractivity contribution is 14.0. The van der Waals surface area contributed by atoms with Crippen LogP contribution in [0.5, 0.6) is 0 Å². The number of ether oxygens (including phenoxy) is 1. The summed E-state index contributed by atoms with van der Waals surface area (Å²) in [5.74, 6) is 2.97. The van der Waals surface area contributed by atoms with Gasteiger partial charge in [-0.3, -0.25) is 4.90 Å². The highest BCUT2D eigenvalue weighted by Gasteiger charge is 2.21. The SMILES string of the molecule is CC1CN(Cc2ccc(CN=C(N)N3CCSCC3)cc2)CC(C)O1.I. The molecule has 1 aromatic carbocycles. The second-order valence-corrected chi connectivity index (χ2v) is 8.27. The van der Waals surface area contributed by atoms with Crippen LogP contribution in [0.2, 0.25) is 0 Å². The van der Waals surface area contributed by atoms with Gasteiger partial charge < -0.3 is 15.4 Å². The number of halogens is 1. The van der Waals surface area contributed by atoms with Gasteiger partial charge in [-0.25, -0.2) is 4.99 Å². The first kappa shape index (κ1) is 21.8. The van der Waals surface area contributed by atoms with E-state index in [-0.39, 0.29) is 24.0 Å². The molecule has 3 rings (SSSR count). The first-order valence-corrected chi connectivity index (χ1v) is 10.3. The maximum atomic E-state index is 6.12. The molecule has 26 heavy (non-hydrogen) atoms. The van der Waals surface area contributed by atoms with E-state index in [1.807, 2.05) is 11.8 Å². The largest absolute Gasteiger partial charge is 0.373 e. The van der Waals surface area contributed by atoms with Crippen molar-refractivity contribution in [1.29, 1.82) is 0 Å². The van der Waals surface area contributed by atoms with E-state index in [9.17, 15) is 0 Å². The van der Waals surface area contributed by atoms with Gasteiger partial charge in [0.15, 0.2) is 5.96 Å². The minimum atomic E-state index is 0. The predicted molar refractivity (Wildman–Crippen MR) is 121 cm³/mol. The Balaban J connectivity index is 0.00000243. The van der Waals surface area contributed by atoms with E-state index in [2.05, 4.69) is 52.9 Å². The van der Waals surface area contributed by atoms with Crippen LogP contribution in [0, 0.1) is 0 Å². The normalized spacial score (nSPS) is 25.0. The average Bonchev–Trinajstić information content (AvgIpc) is 2.61. The Bertz CT molecular complexity index is 567. The lowest BCUT2D eigenvalue weighted by atomic mass is 10.1. The Morgan fingerprint density at radius 1 is 1.12 bits per heavy atom. The number of morpholine rings is 1. The van der Waals surface area contributed by atoms with E-state index in [0.29, 0.717) is 24.7 Å². The average molecular weight is 490 g/mol. The van der Waals surface area contributed by atoms with Crippen molar-refractivity contribution in [2.45, 2.75) is 39.1 Å². The summed E-state index contributed by atoms with van der Waals surface area (Å²) >= 11 is 1.98. The maximum absolute atomic E-state index is 6.12. The highest BCUT2D eigenvalue weighted by atomic mass is 127. The van der Waals surface area contributed by atoms with Crippen molar-refractivity contribution in [3.63, 3.8) is 0 Å². The number of nitrogens with two attached hydrogens (primary N) is 1. The zero-order chi connectivity index (χ0) is 17.6. The quantitative estimate of drug-likeness (QED) is 0.400. The summed E-state index contributed by atoms with van der Waals surface area (Å²) in [6, 6.07) is 8.77. The van der Waals surface area contributed by atoms with Gasteiger partial charge in [0.1, 0.15) is 0 Å². The van der Waals surface area contributed by atoms with Gasteiger partial charge in [0.05, 0.1) is 18.8 Å². The molecule has 0 bridgehead atoms. The van der Waals surface area contributed by atoms with Crippen molar-refractivity contribution < 1.29 is 4.74 Å². The second-order valence-electron chi connectivity index (χ2n) is 7.04. The molecule has 2 N–H and O–H groups in total. The molecule has 0 spiro atoms. The monoisotopic (exact) mass is 490 g/mol. The molecule has 1 aromatic rings. The fraction of sp³-hybridized carbons (Fsp3) is 0.632. The zero-order valence-electron chi connectivity index (χ0n) is 15.8. The van der Waals surface area contributed by atoms with Gasteiger partial charge in [0.25, 0.3) is 0 Å². The fourth-order valence-corrected chi connectivity index (χ4v) is 4.39. The van der Waals surface area contributed by atoms with E-state index < -0.39 is 0 Å². The Morgan fingerprint density at radius 2 is 1.69 bits per heavy atom. The van der Waals surface area contributed by atoms with Crippen LogP contribution in [0.25, 0.3) is 0 Å². The van der Waals surface area contributed by atoms with Gasteiger partial charge in [-0.05, 0) is 25.0 Å². The van der Waals surface area contributed by atoms with Crippen molar-refractivity contribution in [3.8, 4) is 0 Å². The molecule has 2 unspecified atom stereocenters. The van der Waals surface area contributed by atoms with Crippen molar-refractivity contribution in [2.24, 2.45) is 10.7 Å². The third-order valence-electron chi connectivity index (χ3n) is 4.68. The molecule has 2 aliphatic rings. The van der Waals surface area contributed by atoms with Gasteiger partial charge in [0, 0.05) is 44.2 Å². The number of rotatable bonds is 4. The lowest BCUT2D eigenvalue weighted by Crippen LogP contribution is -2.44. The molecule has 2 heterocycles. The molecule has 2 aliphatic heterocycles. The number of guanidine groups is 1. The molecule has 2 atom stereocenters. The van der Waals surface area contributed by atoms with Crippen LogP contribution in [0.1, 0.15) is 25.0 Å². The van der Waals surface area contributed by atoms with Crippen molar-refractivity contribution in [2.75, 3.05) is 37.7 Å². The molecular formula is C19H31IN4OS. The highest BCUT2D eigenvalue weighted by Crippen LogP contribution is 2.15. The van der Waals surface area contributed by atoms with E-state index in [4.69, 9.17) is 10.5 Å². The van der Waals surface area contributed by atoms with Crippen LogP contribution in [-0.2, 0) is 17.8 Å². The first-order valence-electron chi connectivity index (χ1n) is 9.18. The Kier molecular flexibility index (Phi) is 8.99. The lowest BCUT2D eigenvalue weighted by Gasteiger charge is -2.35. The van der Waals surface area contributed by atoms with Crippen molar-refractivity contribution in [3.05, 3.63) is 35.4 Å². The molecule has 5 nitrogen and oxygen atoms in total. The summed E-state index contributed by atoms with van der Waals surface area (Å²) in [5, 5.41) is 0. The Morgan fingerprint density at radius 3 is 2.31 bits per heavy atom. The van der Waals surface area contributed by atoms with Crippen LogP contribution < -0.4 is 5.73 Å². The number of hydrogen-bond acceptors (Lipinski definition) is 4. The molecule has 2 saturated heterocycles. The van der Waals surface area contributed by atoms with Crippen molar-refractivity contribution >= 4 is 41.7 Å². The molecule has 0 aromatic heterocycles. The van der Waals surface area contributed by atoms with Crippen LogP contribution in [0.3, 0.4) is 0 Å². The smallest absolute Gasteiger partial charge is 0.191 e. The Hall–Kier alpha value is -0.510. The number of nitrogens with zero attached hydrogens (tertiary/aromatic N) is 3. The predicted octanol–water partition coefficient (Wildman–Crippen LogP) is 2.78. The van der Waals surface area contributed by atoms with Gasteiger partial charge in [0.2, 0.25) is 0 Å². The lowest BCUT2D eigenvalue weighted by molar-refractivity contribution is -0.0704. The van der Waals surface area contributed by atoms with Crippen LogP contribution in [0.4, 0.5) is 0 Å². The van der Waals surface area contributed by atoms with Crippen molar-refractivity contribution in [1.82, 2.24) is 9.80 Å². The van der Waals surface area contributed by atoms with Gasteiger partial charge in [-0.2, -0.15) is 11.8 Å². The third-order valence-corrected chi connectivity index (χ3v) is 5.63. The first-order chi connectivity index (χ1) is 12.1. The van der Waals surface area contributed by atoms with Gasteiger partial charge in [-0.15, -0.1) is 24.0 Å². The summed E-state index contributed by atoms with van der Waals surface area (Å²) < 4.78 is 5.80. The molecule has 0 saturated carbocycles. The third kappa shape index (κ3) is 6.58. The number of thioether (sulfide) groups is 1. The summed E-state index contributed by atoms with van der Waals surface area (Å²) in [5.41, 5.74) is 8.68. The summed E-state index contributed by atoms with van der Waals surface area (Å²) in [7, 11) is 0. The Labute approximate surface area is 178 Å². The molecule has 2 fully saturated rings. The number of aliphatic imine (C=N–C) groups is 1. The summed E-state index contributed by atoms with van der Waals surface area (Å²) in [6.07, 6.45) is 0.627. The molecule has 146 valence electrons. The topological polar surface area (TPSA) is 54.1 Å². The molecule has 7 heteroatoms. The molecular weight excluding hydrogens is 459 g/mol. The van der Waals surface area contributed by atoms with Gasteiger partial charge in [-0.1, -0.05) is 24.3 Å². The fourth-order valence-electron chi connectivity index (χ4n) is 3.49. The summed E-state index contributed by atoms with van der Waals surface area (Å²) in [4.78, 5) is 9.22. The van der Waals surface area contributed by atoms with Crippen LogP contribution >= 0.6 is 35.7 Å². The zero-order valence-corrected chi connectivity index (χ0v) is 18.9. The number of benzene rings is 1. The minimum Gasteiger partial charge on any atom is -0.373 e.